The van der Waals surface area contributed by atoms with Crippen molar-refractivity contribution >= 4 is 17.6 Å². The Balaban J connectivity index is 1.32. The van der Waals surface area contributed by atoms with Crippen molar-refractivity contribution in [1.82, 2.24) is 19.8 Å². The number of fused-ring (bicyclic) bond motifs is 1. The Labute approximate surface area is 178 Å². The molecule has 0 N–H and O–H groups in total. The molecule has 2 amide bonds. The maximum Gasteiger partial charge on any atom is 0.248 e. The Morgan fingerprint density at radius 1 is 1.13 bits per heavy atom. The van der Waals surface area contributed by atoms with Gasteiger partial charge in [-0.1, -0.05) is 0 Å². The first-order valence-electron chi connectivity index (χ1n) is 11.2. The van der Waals surface area contributed by atoms with Crippen molar-refractivity contribution < 1.29 is 14.3 Å². The minimum Gasteiger partial charge on any atom is -0.370 e. The van der Waals surface area contributed by atoms with E-state index in [2.05, 4.69) is 18.9 Å². The number of aromatic nitrogens is 2. The van der Waals surface area contributed by atoms with Crippen molar-refractivity contribution in [2.75, 3.05) is 57.9 Å². The fourth-order valence-corrected chi connectivity index (χ4v) is 4.77. The van der Waals surface area contributed by atoms with Crippen LogP contribution >= 0.6 is 0 Å². The highest BCUT2D eigenvalue weighted by atomic mass is 16.5. The average molecular weight is 416 g/mol. The molecular weight excluding hydrogens is 382 g/mol. The highest BCUT2D eigenvalue weighted by Gasteiger charge is 2.29. The molecule has 2 fully saturated rings. The van der Waals surface area contributed by atoms with Gasteiger partial charge in [-0.2, -0.15) is 0 Å². The first-order valence-corrected chi connectivity index (χ1v) is 11.2. The Kier molecular flexibility index (Phi) is 6.51. The lowest BCUT2D eigenvalue weighted by molar-refractivity contribution is -0.137. The summed E-state index contributed by atoms with van der Waals surface area (Å²) in [5.74, 6) is 2.30. The molecule has 0 aliphatic carbocycles. The van der Waals surface area contributed by atoms with E-state index < -0.39 is 0 Å². The van der Waals surface area contributed by atoms with Gasteiger partial charge >= 0.3 is 0 Å². The van der Waals surface area contributed by atoms with Crippen LogP contribution in [0.3, 0.4) is 0 Å². The first-order chi connectivity index (χ1) is 14.5. The molecular formula is C22H33N5O3. The van der Waals surface area contributed by atoms with Crippen molar-refractivity contribution in [2.45, 2.75) is 51.4 Å². The van der Waals surface area contributed by atoms with Gasteiger partial charge < -0.3 is 19.4 Å². The zero-order valence-electron chi connectivity index (χ0n) is 18.2. The summed E-state index contributed by atoms with van der Waals surface area (Å²) in [7, 11) is 2.10. The van der Waals surface area contributed by atoms with Crippen molar-refractivity contribution in [3.8, 4) is 0 Å². The van der Waals surface area contributed by atoms with Gasteiger partial charge in [-0.3, -0.25) is 9.59 Å². The van der Waals surface area contributed by atoms with Crippen LogP contribution in [0, 0.1) is 6.92 Å². The maximum absolute atomic E-state index is 12.7. The molecule has 3 aliphatic heterocycles. The SMILES string of the molecule is Cc1nc([C@H]2CCCN(C(=O)COCCN3CCCC3=O)C2)nc2c1CCCN2C. The summed E-state index contributed by atoms with van der Waals surface area (Å²) in [6.45, 7) is 6.37. The molecule has 0 unspecified atom stereocenters. The van der Waals surface area contributed by atoms with Gasteiger partial charge in [0, 0.05) is 63.4 Å². The number of carbonyl (C=O) groups is 2. The highest BCUT2D eigenvalue weighted by molar-refractivity contribution is 5.78. The van der Waals surface area contributed by atoms with E-state index in [4.69, 9.17) is 14.7 Å². The Morgan fingerprint density at radius 2 is 1.97 bits per heavy atom. The predicted molar refractivity (Wildman–Crippen MR) is 114 cm³/mol. The molecule has 0 bridgehead atoms. The van der Waals surface area contributed by atoms with Gasteiger partial charge in [0.25, 0.3) is 0 Å². The molecule has 164 valence electrons. The molecule has 0 aromatic carbocycles. The minimum absolute atomic E-state index is 0.0132. The van der Waals surface area contributed by atoms with E-state index in [1.54, 1.807) is 0 Å². The second kappa shape index (κ2) is 9.29. The second-order valence-electron chi connectivity index (χ2n) is 8.71. The maximum atomic E-state index is 12.7. The number of ether oxygens (including phenoxy) is 1. The van der Waals surface area contributed by atoms with Gasteiger partial charge in [-0.05, 0) is 39.0 Å². The number of anilines is 1. The molecule has 0 saturated carbocycles. The zero-order valence-corrected chi connectivity index (χ0v) is 18.2. The predicted octanol–water partition coefficient (Wildman–Crippen LogP) is 1.51. The molecule has 0 radical (unpaired) electrons. The van der Waals surface area contributed by atoms with Crippen LogP contribution in [0.4, 0.5) is 5.82 Å². The van der Waals surface area contributed by atoms with Crippen LogP contribution in [0.25, 0.3) is 0 Å². The van der Waals surface area contributed by atoms with Crippen molar-refractivity contribution in [3.63, 3.8) is 0 Å². The average Bonchev–Trinajstić information content (AvgIpc) is 3.16. The Hall–Kier alpha value is -2.22. The summed E-state index contributed by atoms with van der Waals surface area (Å²) in [5.41, 5.74) is 2.34. The van der Waals surface area contributed by atoms with Crippen molar-refractivity contribution in [1.29, 1.82) is 0 Å². The standard InChI is InChI=1S/C22H33N5O3/c1-16-18-7-4-9-25(2)22(18)24-21(23-16)17-6-3-11-27(14-17)20(29)15-30-13-12-26-10-5-8-19(26)28/h17H,3-15H2,1-2H3/t17-/m0/s1. The van der Waals surface area contributed by atoms with E-state index in [0.717, 1.165) is 69.1 Å². The molecule has 30 heavy (non-hydrogen) atoms. The van der Waals surface area contributed by atoms with Crippen LogP contribution in [-0.2, 0) is 20.7 Å². The quantitative estimate of drug-likeness (QED) is 0.656. The first kappa shape index (κ1) is 21.0. The van der Waals surface area contributed by atoms with Gasteiger partial charge in [-0.25, -0.2) is 9.97 Å². The smallest absolute Gasteiger partial charge is 0.248 e. The lowest BCUT2D eigenvalue weighted by atomic mass is 9.96. The summed E-state index contributed by atoms with van der Waals surface area (Å²) in [4.78, 5) is 39.9. The number of aryl methyl sites for hydroxylation is 1. The molecule has 1 atom stereocenters. The number of likely N-dealkylation sites (tertiary alicyclic amines) is 2. The largest absolute Gasteiger partial charge is 0.370 e. The van der Waals surface area contributed by atoms with Gasteiger partial charge in [0.15, 0.2) is 0 Å². The Morgan fingerprint density at radius 3 is 2.77 bits per heavy atom. The van der Waals surface area contributed by atoms with Crippen LogP contribution in [0.2, 0.25) is 0 Å². The topological polar surface area (TPSA) is 78.9 Å². The molecule has 0 spiro atoms. The normalized spacial score (nSPS) is 21.9. The lowest BCUT2D eigenvalue weighted by Crippen LogP contribution is -2.42. The fraction of sp³-hybridized carbons (Fsp3) is 0.727. The summed E-state index contributed by atoms with van der Waals surface area (Å²) < 4.78 is 5.58. The third kappa shape index (κ3) is 4.58. The van der Waals surface area contributed by atoms with E-state index in [-0.39, 0.29) is 24.3 Å². The summed E-state index contributed by atoms with van der Waals surface area (Å²) in [6, 6.07) is 0. The minimum atomic E-state index is 0.0132. The number of nitrogens with zero attached hydrogens (tertiary/aromatic N) is 5. The molecule has 1 aromatic heterocycles. The summed E-state index contributed by atoms with van der Waals surface area (Å²) >= 11 is 0. The summed E-state index contributed by atoms with van der Waals surface area (Å²) in [5, 5.41) is 0. The molecule has 1 aromatic rings. The number of rotatable bonds is 6. The van der Waals surface area contributed by atoms with Crippen molar-refractivity contribution in [3.05, 3.63) is 17.1 Å². The van der Waals surface area contributed by atoms with Gasteiger partial charge in [0.2, 0.25) is 11.8 Å². The van der Waals surface area contributed by atoms with Crippen LogP contribution < -0.4 is 4.90 Å². The molecule has 8 nitrogen and oxygen atoms in total. The Bertz CT molecular complexity index is 799. The monoisotopic (exact) mass is 415 g/mol. The van der Waals surface area contributed by atoms with Crippen LogP contribution in [0.5, 0.6) is 0 Å². The number of hydrogen-bond donors (Lipinski definition) is 0. The lowest BCUT2D eigenvalue weighted by Gasteiger charge is -2.33. The van der Waals surface area contributed by atoms with Gasteiger partial charge in [0.05, 0.1) is 6.61 Å². The molecule has 3 aliphatic rings. The van der Waals surface area contributed by atoms with E-state index in [1.165, 1.54) is 5.56 Å². The van der Waals surface area contributed by atoms with Crippen molar-refractivity contribution in [2.24, 2.45) is 0 Å². The van der Waals surface area contributed by atoms with Crippen LogP contribution in [-0.4, -0.2) is 84.6 Å². The molecule has 4 rings (SSSR count). The van der Waals surface area contributed by atoms with Crippen LogP contribution in [0.1, 0.15) is 55.1 Å². The van der Waals surface area contributed by atoms with Gasteiger partial charge in [0.1, 0.15) is 18.2 Å². The third-order valence-corrected chi connectivity index (χ3v) is 6.53. The second-order valence-corrected chi connectivity index (χ2v) is 8.71. The van der Waals surface area contributed by atoms with E-state index in [0.29, 0.717) is 26.1 Å². The van der Waals surface area contributed by atoms with Crippen LogP contribution in [0.15, 0.2) is 0 Å². The number of hydrogen-bond acceptors (Lipinski definition) is 6. The fourth-order valence-electron chi connectivity index (χ4n) is 4.77. The number of carbonyl (C=O) groups excluding carboxylic acids is 2. The molecule has 2 saturated heterocycles. The number of amides is 2. The highest BCUT2D eigenvalue weighted by Crippen LogP contribution is 2.31. The molecule has 8 heteroatoms. The van der Waals surface area contributed by atoms with E-state index >= 15 is 0 Å². The van der Waals surface area contributed by atoms with Gasteiger partial charge in [-0.15, -0.1) is 0 Å². The zero-order chi connectivity index (χ0) is 21.1. The number of piperidine rings is 1. The molecule has 4 heterocycles. The third-order valence-electron chi connectivity index (χ3n) is 6.53. The van der Waals surface area contributed by atoms with E-state index in [9.17, 15) is 9.59 Å². The van der Waals surface area contributed by atoms with E-state index in [1.807, 2.05) is 9.80 Å². The summed E-state index contributed by atoms with van der Waals surface area (Å²) in [6.07, 6.45) is 5.70.